The quantitative estimate of drug-likeness (QED) is 0.798. The molecule has 1 aliphatic rings. The second-order valence-electron chi connectivity index (χ2n) is 6.53. The average molecular weight is 406 g/mol. The number of rotatable bonds is 6. The van der Waals surface area contributed by atoms with Gasteiger partial charge in [0.05, 0.1) is 11.5 Å². The third-order valence-electron chi connectivity index (χ3n) is 4.61. The molecule has 28 heavy (non-hydrogen) atoms. The van der Waals surface area contributed by atoms with Gasteiger partial charge in [-0.3, -0.25) is 4.79 Å². The molecule has 0 radical (unpaired) electrons. The number of hydrogen-bond acceptors (Lipinski definition) is 4. The fourth-order valence-corrected chi connectivity index (χ4v) is 4.88. The first kappa shape index (κ1) is 20.3. The first-order chi connectivity index (χ1) is 13.4. The zero-order chi connectivity index (χ0) is 20.1. The molecule has 8 heteroatoms. The van der Waals surface area contributed by atoms with E-state index < -0.39 is 21.9 Å². The van der Waals surface area contributed by atoms with Gasteiger partial charge in [-0.15, -0.1) is 0 Å². The normalized spacial score (nSPS) is 17.9. The number of benzene rings is 2. The van der Waals surface area contributed by atoms with Crippen LogP contribution in [0, 0.1) is 5.82 Å². The second kappa shape index (κ2) is 8.70. The van der Waals surface area contributed by atoms with Crippen molar-refractivity contribution in [3.05, 3.63) is 54.3 Å². The lowest BCUT2D eigenvalue weighted by Crippen LogP contribution is -2.49. The Kier molecular flexibility index (Phi) is 6.31. The first-order valence-electron chi connectivity index (χ1n) is 9.23. The zero-order valence-electron chi connectivity index (χ0n) is 15.6. The van der Waals surface area contributed by atoms with Gasteiger partial charge in [0.15, 0.2) is 0 Å². The van der Waals surface area contributed by atoms with Crippen LogP contribution in [0.4, 0.5) is 10.1 Å². The summed E-state index contributed by atoms with van der Waals surface area (Å²) >= 11 is 0. The van der Waals surface area contributed by atoms with Crippen molar-refractivity contribution in [3.8, 4) is 5.75 Å². The van der Waals surface area contributed by atoms with Crippen molar-refractivity contribution >= 4 is 21.6 Å². The lowest BCUT2D eigenvalue weighted by molar-refractivity contribution is -0.120. The molecule has 1 saturated heterocycles. The van der Waals surface area contributed by atoms with Crippen LogP contribution in [-0.2, 0) is 14.8 Å². The molecule has 1 aliphatic heterocycles. The van der Waals surface area contributed by atoms with Crippen LogP contribution in [0.2, 0.25) is 0 Å². The lowest BCUT2D eigenvalue weighted by atomic mass is 10.0. The van der Waals surface area contributed by atoms with Gasteiger partial charge in [0.25, 0.3) is 0 Å². The average Bonchev–Trinajstić information content (AvgIpc) is 2.70. The molecule has 0 saturated carbocycles. The van der Waals surface area contributed by atoms with E-state index in [9.17, 15) is 17.6 Å². The van der Waals surface area contributed by atoms with Crippen LogP contribution in [0.3, 0.4) is 0 Å². The third kappa shape index (κ3) is 4.51. The molecule has 2 aromatic rings. The van der Waals surface area contributed by atoms with Gasteiger partial charge in [0.2, 0.25) is 15.9 Å². The molecule has 6 nitrogen and oxygen atoms in total. The van der Waals surface area contributed by atoms with E-state index in [1.165, 1.54) is 16.4 Å². The number of ether oxygens (including phenoxy) is 1. The number of amides is 1. The van der Waals surface area contributed by atoms with Crippen LogP contribution >= 0.6 is 0 Å². The van der Waals surface area contributed by atoms with E-state index in [2.05, 4.69) is 5.32 Å². The van der Waals surface area contributed by atoms with Crippen molar-refractivity contribution in [3.63, 3.8) is 0 Å². The minimum atomic E-state index is -3.89. The summed E-state index contributed by atoms with van der Waals surface area (Å²) in [5.74, 6) is -0.199. The van der Waals surface area contributed by atoms with E-state index >= 15 is 0 Å². The Morgan fingerprint density at radius 3 is 2.46 bits per heavy atom. The molecule has 0 unspecified atom stereocenters. The van der Waals surface area contributed by atoms with Crippen LogP contribution in [-0.4, -0.2) is 37.8 Å². The number of piperidine rings is 1. The zero-order valence-corrected chi connectivity index (χ0v) is 16.4. The molecule has 1 N–H and O–H groups in total. The van der Waals surface area contributed by atoms with Crippen molar-refractivity contribution in [2.75, 3.05) is 18.5 Å². The molecule has 1 amide bonds. The summed E-state index contributed by atoms with van der Waals surface area (Å²) in [6.07, 6.45) is 1.87. The Labute approximate surface area is 164 Å². The number of nitrogens with zero attached hydrogens (tertiary/aromatic N) is 1. The summed E-state index contributed by atoms with van der Waals surface area (Å²) in [6.45, 7) is 2.68. The molecule has 1 heterocycles. The van der Waals surface area contributed by atoms with Gasteiger partial charge in [0, 0.05) is 12.2 Å². The van der Waals surface area contributed by atoms with Crippen LogP contribution in [0.1, 0.15) is 26.2 Å². The van der Waals surface area contributed by atoms with Gasteiger partial charge >= 0.3 is 0 Å². The fraction of sp³-hybridized carbons (Fsp3) is 0.350. The second-order valence-corrected chi connectivity index (χ2v) is 8.42. The summed E-state index contributed by atoms with van der Waals surface area (Å²) in [7, 11) is -3.89. The number of hydrogen-bond donors (Lipinski definition) is 1. The number of nitrogens with one attached hydrogen (secondary N) is 1. The molecular formula is C20H23FN2O4S. The summed E-state index contributed by atoms with van der Waals surface area (Å²) in [4.78, 5) is 12.8. The summed E-state index contributed by atoms with van der Waals surface area (Å²) in [5, 5.41) is 2.78. The highest BCUT2D eigenvalue weighted by molar-refractivity contribution is 7.89. The maximum Gasteiger partial charge on any atom is 0.243 e. The molecule has 0 bridgehead atoms. The van der Waals surface area contributed by atoms with Crippen molar-refractivity contribution in [1.29, 1.82) is 0 Å². The van der Waals surface area contributed by atoms with E-state index in [0.717, 1.165) is 18.6 Å². The molecule has 0 spiro atoms. The number of carbonyl (C=O) groups excluding carboxylic acids is 1. The fourth-order valence-electron chi connectivity index (χ4n) is 3.22. The van der Waals surface area contributed by atoms with Gasteiger partial charge in [0.1, 0.15) is 17.6 Å². The van der Waals surface area contributed by atoms with Gasteiger partial charge in [-0.1, -0.05) is 6.42 Å². The predicted octanol–water partition coefficient (Wildman–Crippen LogP) is 3.41. The Morgan fingerprint density at radius 2 is 1.82 bits per heavy atom. The number of anilines is 1. The smallest absolute Gasteiger partial charge is 0.243 e. The Bertz CT molecular complexity index is 914. The van der Waals surface area contributed by atoms with Gasteiger partial charge in [-0.2, -0.15) is 4.31 Å². The highest BCUT2D eigenvalue weighted by Crippen LogP contribution is 2.27. The Hall–Kier alpha value is -2.45. The van der Waals surface area contributed by atoms with Crippen molar-refractivity contribution in [2.24, 2.45) is 0 Å². The van der Waals surface area contributed by atoms with Crippen LogP contribution in [0.25, 0.3) is 0 Å². The SMILES string of the molecule is CCOc1ccc(NC(=O)[C@H]2CCCCN2S(=O)(=O)c2ccc(F)cc2)cc1. The van der Waals surface area contributed by atoms with Crippen LogP contribution in [0.5, 0.6) is 5.75 Å². The number of sulfonamides is 1. The molecule has 0 aliphatic carbocycles. The summed E-state index contributed by atoms with van der Waals surface area (Å²) in [5.41, 5.74) is 0.568. The highest BCUT2D eigenvalue weighted by Gasteiger charge is 2.37. The topological polar surface area (TPSA) is 75.7 Å². The van der Waals surface area contributed by atoms with E-state index in [1.807, 2.05) is 6.92 Å². The maximum absolute atomic E-state index is 13.2. The van der Waals surface area contributed by atoms with E-state index in [1.54, 1.807) is 24.3 Å². The maximum atomic E-state index is 13.2. The van der Waals surface area contributed by atoms with Gasteiger partial charge in [-0.05, 0) is 68.3 Å². The monoisotopic (exact) mass is 406 g/mol. The molecule has 3 rings (SSSR count). The first-order valence-corrected chi connectivity index (χ1v) is 10.7. The minimum Gasteiger partial charge on any atom is -0.494 e. The Balaban J connectivity index is 1.78. The van der Waals surface area contributed by atoms with E-state index in [4.69, 9.17) is 4.74 Å². The minimum absolute atomic E-state index is 0.0188. The van der Waals surface area contributed by atoms with E-state index in [0.29, 0.717) is 30.9 Å². The third-order valence-corrected chi connectivity index (χ3v) is 6.53. The van der Waals surface area contributed by atoms with Crippen LogP contribution < -0.4 is 10.1 Å². The lowest BCUT2D eigenvalue weighted by Gasteiger charge is -2.33. The van der Waals surface area contributed by atoms with Crippen molar-refractivity contribution < 1.29 is 22.3 Å². The van der Waals surface area contributed by atoms with E-state index in [-0.39, 0.29) is 17.3 Å². The molecule has 2 aromatic carbocycles. The van der Waals surface area contributed by atoms with Crippen molar-refractivity contribution in [1.82, 2.24) is 4.31 Å². The largest absolute Gasteiger partial charge is 0.494 e. The summed E-state index contributed by atoms with van der Waals surface area (Å²) in [6, 6.07) is 10.8. The molecule has 1 fully saturated rings. The van der Waals surface area contributed by atoms with Crippen LogP contribution in [0.15, 0.2) is 53.4 Å². The molecule has 0 aromatic heterocycles. The highest BCUT2D eigenvalue weighted by atomic mass is 32.2. The molecule has 150 valence electrons. The summed E-state index contributed by atoms with van der Waals surface area (Å²) < 4.78 is 45.7. The number of halogens is 1. The van der Waals surface area contributed by atoms with Gasteiger partial charge in [-0.25, -0.2) is 12.8 Å². The molecule has 1 atom stereocenters. The molecular weight excluding hydrogens is 383 g/mol. The predicted molar refractivity (Wildman–Crippen MR) is 104 cm³/mol. The van der Waals surface area contributed by atoms with Gasteiger partial charge < -0.3 is 10.1 Å². The van der Waals surface area contributed by atoms with Crippen molar-refractivity contribution in [2.45, 2.75) is 37.1 Å². The number of carbonyl (C=O) groups is 1. The Morgan fingerprint density at radius 1 is 1.14 bits per heavy atom. The standard InChI is InChI=1S/C20H23FN2O4S/c1-2-27-17-10-8-16(9-11-17)22-20(24)19-5-3-4-14-23(19)28(25,26)18-12-6-15(21)7-13-18/h6-13,19H,2-5,14H2,1H3,(H,22,24)/t19-/m1/s1.